The van der Waals surface area contributed by atoms with Crippen molar-refractivity contribution in [1.82, 2.24) is 4.90 Å². The first-order valence-electron chi connectivity index (χ1n) is 6.80. The molecule has 19 heavy (non-hydrogen) atoms. The third-order valence-electron chi connectivity index (χ3n) is 3.61. The Morgan fingerprint density at radius 3 is 2.26 bits per heavy atom. The number of nitrogens with zero attached hydrogens (tertiary/aromatic N) is 1. The molecule has 2 aliphatic rings. The summed E-state index contributed by atoms with van der Waals surface area (Å²) in [6.45, 7) is 3.93. The molecule has 0 aromatic heterocycles. The standard InChI is InChI=1S/C14H21NO4/c1-9(2)19-8-10(16)7-15-13(17)11-5-3-4-6-12(11)14(15)18/h3-4,9-12,16H,5-8H2,1-2H3. The predicted molar refractivity (Wildman–Crippen MR) is 69.2 cm³/mol. The molecule has 1 saturated heterocycles. The molecule has 2 amide bonds. The number of hydrogen-bond acceptors (Lipinski definition) is 4. The number of fused-ring (bicyclic) bond motifs is 1. The Hall–Kier alpha value is -1.20. The molecule has 1 heterocycles. The lowest BCUT2D eigenvalue weighted by Crippen LogP contribution is -2.39. The topological polar surface area (TPSA) is 66.8 Å². The van der Waals surface area contributed by atoms with E-state index in [1.165, 1.54) is 4.90 Å². The van der Waals surface area contributed by atoms with Crippen molar-refractivity contribution in [2.75, 3.05) is 13.2 Å². The van der Waals surface area contributed by atoms with Gasteiger partial charge < -0.3 is 9.84 Å². The van der Waals surface area contributed by atoms with E-state index < -0.39 is 6.10 Å². The lowest BCUT2D eigenvalue weighted by Gasteiger charge is -2.20. The second-order valence-electron chi connectivity index (χ2n) is 5.48. The van der Waals surface area contributed by atoms with E-state index in [2.05, 4.69) is 0 Å². The maximum absolute atomic E-state index is 12.1. The molecule has 1 fully saturated rings. The molecular weight excluding hydrogens is 246 g/mol. The fraction of sp³-hybridized carbons (Fsp3) is 0.714. The number of rotatable bonds is 5. The summed E-state index contributed by atoms with van der Waals surface area (Å²) in [5.74, 6) is -0.752. The highest BCUT2D eigenvalue weighted by Crippen LogP contribution is 2.34. The Labute approximate surface area is 113 Å². The summed E-state index contributed by atoms with van der Waals surface area (Å²) < 4.78 is 5.29. The second-order valence-corrected chi connectivity index (χ2v) is 5.48. The molecule has 106 valence electrons. The Morgan fingerprint density at radius 1 is 1.26 bits per heavy atom. The number of carbonyl (C=O) groups excluding carboxylic acids is 2. The first kappa shape index (κ1) is 14.2. The normalized spacial score (nSPS) is 28.1. The maximum atomic E-state index is 12.1. The Balaban J connectivity index is 1.94. The molecule has 0 radical (unpaired) electrons. The number of amides is 2. The quantitative estimate of drug-likeness (QED) is 0.589. The van der Waals surface area contributed by atoms with E-state index in [0.29, 0.717) is 12.8 Å². The summed E-state index contributed by atoms with van der Waals surface area (Å²) in [5, 5.41) is 9.84. The number of β-amino-alcohol motifs (C(OH)–C–C–N with tert-alkyl or cyclic N) is 1. The number of aliphatic hydroxyl groups excluding tert-OH is 1. The minimum atomic E-state index is -0.816. The van der Waals surface area contributed by atoms with Crippen LogP contribution < -0.4 is 0 Å². The number of allylic oxidation sites excluding steroid dienone is 2. The Morgan fingerprint density at radius 2 is 1.79 bits per heavy atom. The number of hydrogen-bond donors (Lipinski definition) is 1. The first-order chi connectivity index (χ1) is 9.00. The largest absolute Gasteiger partial charge is 0.389 e. The summed E-state index contributed by atoms with van der Waals surface area (Å²) in [7, 11) is 0. The van der Waals surface area contributed by atoms with Gasteiger partial charge in [-0.25, -0.2) is 0 Å². The molecular formula is C14H21NO4. The van der Waals surface area contributed by atoms with Gasteiger partial charge in [-0.2, -0.15) is 0 Å². The second kappa shape index (κ2) is 5.84. The molecule has 1 N–H and O–H groups in total. The molecule has 1 aliphatic heterocycles. The zero-order valence-electron chi connectivity index (χ0n) is 11.4. The van der Waals surface area contributed by atoms with Crippen LogP contribution in [0.4, 0.5) is 0 Å². The predicted octanol–water partition coefficient (Wildman–Crippen LogP) is 0.723. The molecule has 0 aromatic rings. The number of likely N-dealkylation sites (tertiary alicyclic amines) is 1. The molecule has 0 spiro atoms. The van der Waals surface area contributed by atoms with Crippen molar-refractivity contribution in [2.24, 2.45) is 11.8 Å². The minimum Gasteiger partial charge on any atom is -0.389 e. The van der Waals surface area contributed by atoms with Crippen LogP contribution in [0, 0.1) is 11.8 Å². The first-order valence-corrected chi connectivity index (χ1v) is 6.80. The van der Waals surface area contributed by atoms with Gasteiger partial charge in [-0.15, -0.1) is 0 Å². The van der Waals surface area contributed by atoms with Crippen molar-refractivity contribution in [3.63, 3.8) is 0 Å². The van der Waals surface area contributed by atoms with Crippen molar-refractivity contribution in [3.8, 4) is 0 Å². The smallest absolute Gasteiger partial charge is 0.233 e. The van der Waals surface area contributed by atoms with Crippen molar-refractivity contribution in [1.29, 1.82) is 0 Å². The summed E-state index contributed by atoms with van der Waals surface area (Å²) in [4.78, 5) is 25.5. The number of imide groups is 1. The van der Waals surface area contributed by atoms with Crippen LogP contribution in [0.5, 0.6) is 0 Å². The molecule has 0 aromatic carbocycles. The van der Waals surface area contributed by atoms with Gasteiger partial charge in [-0.1, -0.05) is 12.2 Å². The van der Waals surface area contributed by atoms with Crippen LogP contribution >= 0.6 is 0 Å². The van der Waals surface area contributed by atoms with Crippen LogP contribution in [0.15, 0.2) is 12.2 Å². The number of ether oxygens (including phenoxy) is 1. The van der Waals surface area contributed by atoms with Crippen LogP contribution in [-0.4, -0.2) is 47.2 Å². The Bertz CT molecular complexity index is 365. The minimum absolute atomic E-state index is 0.0198. The Kier molecular flexibility index (Phi) is 4.37. The summed E-state index contributed by atoms with van der Waals surface area (Å²) >= 11 is 0. The average Bonchev–Trinajstić information content (AvgIpc) is 2.62. The van der Waals surface area contributed by atoms with Crippen LogP contribution in [0.3, 0.4) is 0 Å². The van der Waals surface area contributed by atoms with Crippen LogP contribution in [0.1, 0.15) is 26.7 Å². The highest BCUT2D eigenvalue weighted by atomic mass is 16.5. The van der Waals surface area contributed by atoms with E-state index in [4.69, 9.17) is 4.74 Å². The van der Waals surface area contributed by atoms with E-state index in [1.54, 1.807) is 0 Å². The summed E-state index contributed by atoms with van der Waals surface area (Å²) in [6.07, 6.45) is 4.37. The van der Waals surface area contributed by atoms with Gasteiger partial charge in [-0.3, -0.25) is 14.5 Å². The van der Waals surface area contributed by atoms with Gasteiger partial charge in [0.15, 0.2) is 0 Å². The van der Waals surface area contributed by atoms with Gasteiger partial charge in [-0.05, 0) is 26.7 Å². The lowest BCUT2D eigenvalue weighted by molar-refractivity contribution is -0.142. The molecule has 3 atom stereocenters. The lowest BCUT2D eigenvalue weighted by atomic mass is 9.85. The molecule has 3 unspecified atom stereocenters. The van der Waals surface area contributed by atoms with Crippen molar-refractivity contribution >= 4 is 11.8 Å². The fourth-order valence-electron chi connectivity index (χ4n) is 2.62. The molecule has 5 nitrogen and oxygen atoms in total. The van der Waals surface area contributed by atoms with E-state index >= 15 is 0 Å². The molecule has 5 heteroatoms. The third-order valence-corrected chi connectivity index (χ3v) is 3.61. The highest BCUT2D eigenvalue weighted by Gasteiger charge is 2.47. The monoisotopic (exact) mass is 267 g/mol. The van der Waals surface area contributed by atoms with Gasteiger partial charge in [0.1, 0.15) is 0 Å². The summed E-state index contributed by atoms with van der Waals surface area (Å²) in [6, 6.07) is 0. The van der Waals surface area contributed by atoms with Crippen molar-refractivity contribution in [2.45, 2.75) is 38.9 Å². The van der Waals surface area contributed by atoms with Crippen molar-refractivity contribution < 1.29 is 19.4 Å². The third kappa shape index (κ3) is 3.04. The van der Waals surface area contributed by atoms with E-state index in [9.17, 15) is 14.7 Å². The average molecular weight is 267 g/mol. The van der Waals surface area contributed by atoms with E-state index in [-0.39, 0.29) is 42.9 Å². The fourth-order valence-corrected chi connectivity index (χ4v) is 2.62. The molecule has 0 saturated carbocycles. The van der Waals surface area contributed by atoms with Gasteiger partial charge in [0.05, 0.1) is 37.2 Å². The van der Waals surface area contributed by atoms with E-state index in [1.807, 2.05) is 26.0 Å². The highest BCUT2D eigenvalue weighted by molar-refractivity contribution is 6.05. The van der Waals surface area contributed by atoms with Gasteiger partial charge in [0, 0.05) is 0 Å². The van der Waals surface area contributed by atoms with Crippen LogP contribution in [0.2, 0.25) is 0 Å². The zero-order valence-corrected chi connectivity index (χ0v) is 11.4. The summed E-state index contributed by atoms with van der Waals surface area (Å²) in [5.41, 5.74) is 0. The molecule has 0 bridgehead atoms. The molecule has 1 aliphatic carbocycles. The van der Waals surface area contributed by atoms with Gasteiger partial charge in [0.25, 0.3) is 0 Å². The SMILES string of the molecule is CC(C)OCC(O)CN1C(=O)C2CC=CCC2C1=O. The van der Waals surface area contributed by atoms with Crippen LogP contribution in [-0.2, 0) is 14.3 Å². The maximum Gasteiger partial charge on any atom is 0.233 e. The van der Waals surface area contributed by atoms with Gasteiger partial charge in [0.2, 0.25) is 11.8 Å². The van der Waals surface area contributed by atoms with Crippen molar-refractivity contribution in [3.05, 3.63) is 12.2 Å². The van der Waals surface area contributed by atoms with Crippen LogP contribution in [0.25, 0.3) is 0 Å². The van der Waals surface area contributed by atoms with Gasteiger partial charge >= 0.3 is 0 Å². The van der Waals surface area contributed by atoms with E-state index in [0.717, 1.165) is 0 Å². The number of aliphatic hydroxyl groups is 1. The molecule has 2 rings (SSSR count). The number of carbonyl (C=O) groups is 2. The zero-order chi connectivity index (χ0) is 14.0.